The first kappa shape index (κ1) is 15.5. The molecule has 21 heavy (non-hydrogen) atoms. The molecule has 0 bridgehead atoms. The Balaban J connectivity index is 2.02. The van der Waals surface area contributed by atoms with Gasteiger partial charge in [0.15, 0.2) is 0 Å². The predicted octanol–water partition coefficient (Wildman–Crippen LogP) is 2.47. The number of ether oxygens (including phenoxy) is 1. The summed E-state index contributed by atoms with van der Waals surface area (Å²) in [4.78, 5) is 6.28. The molecule has 1 heterocycles. The van der Waals surface area contributed by atoms with Crippen molar-refractivity contribution >= 4 is 0 Å². The monoisotopic (exact) mass is 286 g/mol. The molecule has 0 radical (unpaired) electrons. The molecule has 0 spiro atoms. The van der Waals surface area contributed by atoms with E-state index < -0.39 is 0 Å². The molecule has 0 saturated heterocycles. The van der Waals surface area contributed by atoms with E-state index in [4.69, 9.17) is 9.84 Å². The average molecular weight is 286 g/mol. The van der Waals surface area contributed by atoms with Gasteiger partial charge in [-0.25, -0.2) is 0 Å². The van der Waals surface area contributed by atoms with Crippen LogP contribution >= 0.6 is 0 Å². The molecule has 0 atom stereocenters. The van der Waals surface area contributed by atoms with Gasteiger partial charge in [0.25, 0.3) is 0 Å². The number of benzene rings is 1. The van der Waals surface area contributed by atoms with Gasteiger partial charge >= 0.3 is 0 Å². The highest BCUT2D eigenvalue weighted by Crippen LogP contribution is 2.21. The van der Waals surface area contributed by atoms with Crippen LogP contribution in [0.1, 0.15) is 18.1 Å². The summed E-state index contributed by atoms with van der Waals surface area (Å²) in [5, 5.41) is 9.09. The van der Waals surface area contributed by atoms with Crippen LogP contribution in [0.2, 0.25) is 0 Å². The number of pyridine rings is 1. The summed E-state index contributed by atoms with van der Waals surface area (Å²) in [6, 6.07) is 11.9. The third-order valence-corrected chi connectivity index (χ3v) is 3.35. The van der Waals surface area contributed by atoms with Crippen LogP contribution in [-0.4, -0.2) is 34.7 Å². The molecule has 0 unspecified atom stereocenters. The van der Waals surface area contributed by atoms with Crippen LogP contribution in [0.3, 0.4) is 0 Å². The van der Waals surface area contributed by atoms with Crippen LogP contribution in [0.25, 0.3) is 0 Å². The number of para-hydroxylation sites is 1. The lowest BCUT2D eigenvalue weighted by molar-refractivity contribution is 0.194. The van der Waals surface area contributed by atoms with Gasteiger partial charge in [-0.2, -0.15) is 0 Å². The number of hydrogen-bond donors (Lipinski definition) is 1. The van der Waals surface area contributed by atoms with Crippen molar-refractivity contribution in [3.63, 3.8) is 0 Å². The van der Waals surface area contributed by atoms with Crippen LogP contribution < -0.4 is 4.74 Å². The number of aliphatic hydroxyl groups excluding tert-OH is 1. The van der Waals surface area contributed by atoms with Gasteiger partial charge < -0.3 is 9.84 Å². The molecule has 1 aromatic heterocycles. The summed E-state index contributed by atoms with van der Waals surface area (Å²) >= 11 is 0. The number of likely N-dealkylation sites (N-methyl/N-ethyl adjacent to an activating group) is 1. The summed E-state index contributed by atoms with van der Waals surface area (Å²) in [6.45, 7) is 5.13. The molecule has 2 aromatic rings. The highest BCUT2D eigenvalue weighted by atomic mass is 16.5. The number of hydrogen-bond acceptors (Lipinski definition) is 4. The van der Waals surface area contributed by atoms with E-state index in [-0.39, 0.29) is 6.61 Å². The van der Waals surface area contributed by atoms with Crippen LogP contribution in [0.5, 0.6) is 5.75 Å². The Hall–Kier alpha value is -1.91. The summed E-state index contributed by atoms with van der Waals surface area (Å²) in [7, 11) is 0. The molecule has 4 nitrogen and oxygen atoms in total. The highest BCUT2D eigenvalue weighted by Gasteiger charge is 2.08. The number of aromatic nitrogens is 1. The largest absolute Gasteiger partial charge is 0.489 e. The maximum Gasteiger partial charge on any atom is 0.124 e. The minimum absolute atomic E-state index is 0.173. The fraction of sp³-hybridized carbons (Fsp3) is 0.353. The molecular formula is C17H22N2O2. The maximum atomic E-state index is 9.09. The van der Waals surface area contributed by atoms with Crippen molar-refractivity contribution in [2.75, 3.05) is 19.7 Å². The molecule has 1 N–H and O–H groups in total. The van der Waals surface area contributed by atoms with Crippen molar-refractivity contribution in [2.24, 2.45) is 0 Å². The number of nitrogens with zero attached hydrogens (tertiary/aromatic N) is 2. The fourth-order valence-corrected chi connectivity index (χ4v) is 2.15. The predicted molar refractivity (Wildman–Crippen MR) is 83.0 cm³/mol. The van der Waals surface area contributed by atoms with Crippen LogP contribution in [0.15, 0.2) is 48.8 Å². The Morgan fingerprint density at radius 2 is 2.05 bits per heavy atom. The van der Waals surface area contributed by atoms with Gasteiger partial charge in [0, 0.05) is 36.6 Å². The standard InChI is InChI=1S/C17H22N2O2/c1-2-19(10-11-20)13-16-7-3-4-8-17(16)21-14-15-6-5-9-18-12-15/h3-9,12,20H,2,10-11,13-14H2,1H3. The lowest BCUT2D eigenvalue weighted by Gasteiger charge is -2.21. The Bertz CT molecular complexity index is 531. The average Bonchev–Trinajstić information content (AvgIpc) is 2.54. The highest BCUT2D eigenvalue weighted by molar-refractivity contribution is 5.33. The van der Waals surface area contributed by atoms with E-state index in [1.54, 1.807) is 6.20 Å². The quantitative estimate of drug-likeness (QED) is 0.810. The zero-order valence-electron chi connectivity index (χ0n) is 12.4. The molecule has 4 heteroatoms. The molecule has 0 aliphatic carbocycles. The first-order valence-corrected chi connectivity index (χ1v) is 7.26. The molecule has 0 saturated carbocycles. The van der Waals surface area contributed by atoms with Gasteiger partial charge in [0.2, 0.25) is 0 Å². The smallest absolute Gasteiger partial charge is 0.124 e. The van der Waals surface area contributed by atoms with E-state index in [2.05, 4.69) is 22.9 Å². The van der Waals surface area contributed by atoms with Crippen molar-refractivity contribution in [3.8, 4) is 5.75 Å². The summed E-state index contributed by atoms with van der Waals surface area (Å²) < 4.78 is 5.92. The van der Waals surface area contributed by atoms with Gasteiger partial charge in [0.05, 0.1) is 6.61 Å². The normalized spacial score (nSPS) is 10.8. The van der Waals surface area contributed by atoms with Crippen LogP contribution in [0, 0.1) is 0 Å². The van der Waals surface area contributed by atoms with Crippen molar-refractivity contribution in [2.45, 2.75) is 20.1 Å². The third-order valence-electron chi connectivity index (χ3n) is 3.35. The maximum absolute atomic E-state index is 9.09. The fourth-order valence-electron chi connectivity index (χ4n) is 2.15. The lowest BCUT2D eigenvalue weighted by Crippen LogP contribution is -2.26. The van der Waals surface area contributed by atoms with E-state index >= 15 is 0 Å². The molecule has 1 aromatic carbocycles. The van der Waals surface area contributed by atoms with Gasteiger partial charge in [-0.1, -0.05) is 31.2 Å². The minimum Gasteiger partial charge on any atom is -0.489 e. The van der Waals surface area contributed by atoms with Crippen molar-refractivity contribution in [1.29, 1.82) is 0 Å². The van der Waals surface area contributed by atoms with Crippen LogP contribution in [-0.2, 0) is 13.2 Å². The van der Waals surface area contributed by atoms with E-state index in [1.165, 1.54) is 0 Å². The van der Waals surface area contributed by atoms with Gasteiger partial charge in [-0.3, -0.25) is 9.88 Å². The zero-order valence-corrected chi connectivity index (χ0v) is 12.4. The Labute approximate surface area is 126 Å². The van der Waals surface area contributed by atoms with Gasteiger partial charge in [-0.15, -0.1) is 0 Å². The first-order valence-electron chi connectivity index (χ1n) is 7.26. The lowest BCUT2D eigenvalue weighted by atomic mass is 10.2. The van der Waals surface area contributed by atoms with Crippen molar-refractivity contribution < 1.29 is 9.84 Å². The zero-order chi connectivity index (χ0) is 14.9. The number of aliphatic hydroxyl groups is 1. The van der Waals surface area contributed by atoms with Gasteiger partial charge in [0.1, 0.15) is 12.4 Å². The molecule has 0 aliphatic rings. The Morgan fingerprint density at radius 1 is 1.19 bits per heavy atom. The summed E-state index contributed by atoms with van der Waals surface area (Å²) in [5.74, 6) is 0.887. The molecule has 112 valence electrons. The van der Waals surface area contributed by atoms with Crippen LogP contribution in [0.4, 0.5) is 0 Å². The van der Waals surface area contributed by atoms with E-state index in [9.17, 15) is 0 Å². The topological polar surface area (TPSA) is 45.6 Å². The second-order valence-electron chi connectivity index (χ2n) is 4.85. The van der Waals surface area contributed by atoms with E-state index in [0.29, 0.717) is 13.2 Å². The SMILES string of the molecule is CCN(CCO)Cc1ccccc1OCc1cccnc1. The Morgan fingerprint density at radius 3 is 2.76 bits per heavy atom. The summed E-state index contributed by atoms with van der Waals surface area (Å²) in [5.41, 5.74) is 2.19. The van der Waals surface area contributed by atoms with Crippen molar-refractivity contribution in [3.05, 3.63) is 59.9 Å². The van der Waals surface area contributed by atoms with E-state index in [1.807, 2.05) is 36.5 Å². The molecule has 0 amide bonds. The number of rotatable bonds is 8. The molecule has 0 fully saturated rings. The first-order chi connectivity index (χ1) is 10.3. The summed E-state index contributed by atoms with van der Waals surface area (Å²) in [6.07, 6.45) is 3.57. The van der Waals surface area contributed by atoms with Crippen molar-refractivity contribution in [1.82, 2.24) is 9.88 Å². The second kappa shape index (κ2) is 8.39. The third kappa shape index (κ3) is 4.85. The molecular weight excluding hydrogens is 264 g/mol. The van der Waals surface area contributed by atoms with E-state index in [0.717, 1.165) is 30.0 Å². The molecule has 0 aliphatic heterocycles. The minimum atomic E-state index is 0.173. The molecule has 2 rings (SSSR count). The Kier molecular flexibility index (Phi) is 6.19. The second-order valence-corrected chi connectivity index (χ2v) is 4.85. The van der Waals surface area contributed by atoms with Gasteiger partial charge in [-0.05, 0) is 18.7 Å².